The molecule has 0 bridgehead atoms. The van der Waals surface area contributed by atoms with Gasteiger partial charge in [-0.05, 0) is 19.1 Å². The number of thiol groups is 1. The molecule has 1 rings (SSSR count). The Labute approximate surface area is 102 Å². The van der Waals surface area contributed by atoms with Crippen molar-refractivity contribution in [3.05, 3.63) is 28.8 Å². The molecule has 3 nitrogen and oxygen atoms in total. The van der Waals surface area contributed by atoms with Gasteiger partial charge in [0.2, 0.25) is 0 Å². The molecule has 0 saturated heterocycles. The number of halogens is 2. The van der Waals surface area contributed by atoms with Crippen LogP contribution in [-0.2, 0) is 4.74 Å². The summed E-state index contributed by atoms with van der Waals surface area (Å²) in [5.41, 5.74) is -1.22. The van der Waals surface area contributed by atoms with Crippen molar-refractivity contribution in [2.75, 3.05) is 6.61 Å². The molecule has 0 saturated carbocycles. The number of rotatable bonds is 3. The smallest absolute Gasteiger partial charge is 0.339 e. The zero-order valence-electron chi connectivity index (χ0n) is 8.91. The van der Waals surface area contributed by atoms with E-state index in [4.69, 9.17) is 5.26 Å². The van der Waals surface area contributed by atoms with Crippen LogP contribution in [0.4, 0.5) is 8.78 Å². The summed E-state index contributed by atoms with van der Waals surface area (Å²) < 4.78 is 30.4. The molecule has 6 heteroatoms. The number of hydrogen-bond acceptors (Lipinski definition) is 4. The highest BCUT2D eigenvalue weighted by molar-refractivity contribution is 7.80. The third-order valence-electron chi connectivity index (χ3n) is 2.04. The fourth-order valence-electron chi connectivity index (χ4n) is 1.35. The van der Waals surface area contributed by atoms with E-state index >= 15 is 0 Å². The molecule has 0 aliphatic rings. The summed E-state index contributed by atoms with van der Waals surface area (Å²) in [7, 11) is 0. The van der Waals surface area contributed by atoms with E-state index in [1.54, 1.807) is 13.0 Å². The van der Waals surface area contributed by atoms with Crippen molar-refractivity contribution in [1.29, 1.82) is 5.26 Å². The highest BCUT2D eigenvalue weighted by Crippen LogP contribution is 2.31. The van der Waals surface area contributed by atoms with E-state index in [1.807, 2.05) is 0 Å². The molecule has 1 aromatic rings. The molecule has 0 atom stereocenters. The number of benzene rings is 1. The molecule has 0 spiro atoms. The summed E-state index contributed by atoms with van der Waals surface area (Å²) in [4.78, 5) is 11.6. The van der Waals surface area contributed by atoms with Gasteiger partial charge in [-0.1, -0.05) is 0 Å². The van der Waals surface area contributed by atoms with E-state index < -0.39 is 18.0 Å². The molecule has 0 amide bonds. The lowest BCUT2D eigenvalue weighted by molar-refractivity contribution is 0.0511. The zero-order valence-corrected chi connectivity index (χ0v) is 9.80. The van der Waals surface area contributed by atoms with Gasteiger partial charge in [0, 0.05) is 4.90 Å². The predicted octanol–water partition coefficient (Wildman–Crippen LogP) is 2.96. The van der Waals surface area contributed by atoms with E-state index in [0.29, 0.717) is 0 Å². The molecular formula is C11H9F2NO2S. The number of nitrogens with zero attached hydrogens (tertiary/aromatic N) is 1. The fraction of sp³-hybridized carbons (Fsp3) is 0.273. The lowest BCUT2D eigenvalue weighted by Gasteiger charge is -2.11. The second-order valence-electron chi connectivity index (χ2n) is 3.05. The molecule has 0 unspecified atom stereocenters. The van der Waals surface area contributed by atoms with Crippen molar-refractivity contribution >= 4 is 18.6 Å². The highest BCUT2D eigenvalue weighted by Gasteiger charge is 2.25. The Morgan fingerprint density at radius 2 is 2.24 bits per heavy atom. The first-order chi connectivity index (χ1) is 8.02. The molecule has 0 N–H and O–H groups in total. The van der Waals surface area contributed by atoms with E-state index in [2.05, 4.69) is 17.4 Å². The van der Waals surface area contributed by atoms with Crippen LogP contribution in [0.1, 0.15) is 34.8 Å². The van der Waals surface area contributed by atoms with Gasteiger partial charge < -0.3 is 4.74 Å². The molecule has 1 aromatic carbocycles. The maximum atomic E-state index is 12.9. The molecule has 0 fully saturated rings. The number of carbonyl (C=O) groups excluding carboxylic acids is 1. The SMILES string of the molecule is CCOC(=O)c1c(S)ccc(C#N)c1C(F)F. The molecule has 0 radical (unpaired) electrons. The van der Waals surface area contributed by atoms with Crippen LogP contribution in [0.15, 0.2) is 17.0 Å². The van der Waals surface area contributed by atoms with Gasteiger partial charge in [0.15, 0.2) is 0 Å². The minimum atomic E-state index is -2.93. The van der Waals surface area contributed by atoms with E-state index in [9.17, 15) is 13.6 Å². The fourth-order valence-corrected chi connectivity index (χ4v) is 1.64. The van der Waals surface area contributed by atoms with Gasteiger partial charge in [-0.2, -0.15) is 5.26 Å². The van der Waals surface area contributed by atoms with Crippen molar-refractivity contribution in [2.24, 2.45) is 0 Å². The Bertz CT molecular complexity index is 483. The second kappa shape index (κ2) is 5.64. The first kappa shape index (κ1) is 13.5. The van der Waals surface area contributed by atoms with Crippen LogP contribution in [0, 0.1) is 11.3 Å². The lowest BCUT2D eigenvalue weighted by Crippen LogP contribution is -2.11. The number of nitriles is 1. The first-order valence-corrected chi connectivity index (χ1v) is 5.18. The molecule has 17 heavy (non-hydrogen) atoms. The molecule has 90 valence electrons. The Morgan fingerprint density at radius 3 is 2.71 bits per heavy atom. The molecule has 0 heterocycles. The van der Waals surface area contributed by atoms with Crippen LogP contribution < -0.4 is 0 Å². The van der Waals surface area contributed by atoms with E-state index in [1.165, 1.54) is 12.1 Å². The average molecular weight is 257 g/mol. The summed E-state index contributed by atoms with van der Waals surface area (Å²) in [5, 5.41) is 8.73. The van der Waals surface area contributed by atoms with Gasteiger partial charge in [0.25, 0.3) is 6.43 Å². The van der Waals surface area contributed by atoms with Gasteiger partial charge in [-0.15, -0.1) is 12.6 Å². The number of ether oxygens (including phenoxy) is 1. The number of alkyl halides is 2. The maximum Gasteiger partial charge on any atom is 0.339 e. The van der Waals surface area contributed by atoms with Crippen molar-refractivity contribution in [2.45, 2.75) is 18.2 Å². The summed E-state index contributed by atoms with van der Waals surface area (Å²) in [5.74, 6) is -0.898. The van der Waals surface area contributed by atoms with E-state index in [-0.39, 0.29) is 22.6 Å². The largest absolute Gasteiger partial charge is 0.462 e. The van der Waals surface area contributed by atoms with Gasteiger partial charge in [0.1, 0.15) is 0 Å². The Morgan fingerprint density at radius 1 is 1.59 bits per heavy atom. The normalized spacial score (nSPS) is 10.1. The monoisotopic (exact) mass is 257 g/mol. The second-order valence-corrected chi connectivity index (χ2v) is 3.54. The zero-order chi connectivity index (χ0) is 13.0. The Hall–Kier alpha value is -1.61. The Balaban J connectivity index is 3.45. The Kier molecular flexibility index (Phi) is 4.46. The third kappa shape index (κ3) is 2.74. The van der Waals surface area contributed by atoms with Crippen molar-refractivity contribution < 1.29 is 18.3 Å². The lowest BCUT2D eigenvalue weighted by atomic mass is 10.0. The van der Waals surface area contributed by atoms with E-state index in [0.717, 1.165) is 0 Å². The van der Waals surface area contributed by atoms with Crippen LogP contribution in [0.2, 0.25) is 0 Å². The first-order valence-electron chi connectivity index (χ1n) is 4.74. The van der Waals surface area contributed by atoms with Crippen LogP contribution in [0.5, 0.6) is 0 Å². The van der Waals surface area contributed by atoms with Gasteiger partial charge in [-0.3, -0.25) is 0 Å². The summed E-state index contributed by atoms with van der Waals surface area (Å²) >= 11 is 3.94. The predicted molar refractivity (Wildman–Crippen MR) is 59.3 cm³/mol. The van der Waals surface area contributed by atoms with Crippen molar-refractivity contribution in [3.63, 3.8) is 0 Å². The highest BCUT2D eigenvalue weighted by atomic mass is 32.1. The topological polar surface area (TPSA) is 50.1 Å². The third-order valence-corrected chi connectivity index (χ3v) is 2.41. The van der Waals surface area contributed by atoms with Gasteiger partial charge in [0.05, 0.1) is 29.4 Å². The van der Waals surface area contributed by atoms with Crippen molar-refractivity contribution in [3.8, 4) is 6.07 Å². The average Bonchev–Trinajstić information content (AvgIpc) is 2.28. The molecule has 0 aromatic heterocycles. The maximum absolute atomic E-state index is 12.9. The minimum Gasteiger partial charge on any atom is -0.462 e. The van der Waals surface area contributed by atoms with Crippen LogP contribution in [0.3, 0.4) is 0 Å². The summed E-state index contributed by atoms with van der Waals surface area (Å²) in [6.45, 7) is 1.62. The minimum absolute atomic E-state index is 0.0610. The standard InChI is InChI=1S/C11H9F2NO2S/c1-2-16-11(15)9-7(17)4-3-6(5-14)8(9)10(12)13/h3-4,10,17H,2H2,1H3. The molecule has 0 aliphatic heterocycles. The van der Waals surface area contributed by atoms with Crippen LogP contribution in [0.25, 0.3) is 0 Å². The number of esters is 1. The summed E-state index contributed by atoms with van der Waals surface area (Å²) in [6.07, 6.45) is -2.93. The summed E-state index contributed by atoms with van der Waals surface area (Å²) in [6, 6.07) is 4.14. The van der Waals surface area contributed by atoms with Crippen LogP contribution >= 0.6 is 12.6 Å². The molecular weight excluding hydrogens is 248 g/mol. The quantitative estimate of drug-likeness (QED) is 0.669. The van der Waals surface area contributed by atoms with Gasteiger partial charge >= 0.3 is 5.97 Å². The van der Waals surface area contributed by atoms with Gasteiger partial charge in [-0.25, -0.2) is 13.6 Å². The van der Waals surface area contributed by atoms with Crippen LogP contribution in [-0.4, -0.2) is 12.6 Å². The number of carbonyl (C=O) groups is 1. The molecule has 0 aliphatic carbocycles. The number of hydrogen-bond donors (Lipinski definition) is 1. The van der Waals surface area contributed by atoms with Crippen molar-refractivity contribution in [1.82, 2.24) is 0 Å².